The highest BCUT2D eigenvalue weighted by Crippen LogP contribution is 2.35. The van der Waals surface area contributed by atoms with Crippen molar-refractivity contribution in [1.82, 2.24) is 0 Å². The van der Waals surface area contributed by atoms with Crippen LogP contribution in [0.5, 0.6) is 0 Å². The molecule has 0 bridgehead atoms. The topological polar surface area (TPSA) is 43.1 Å². The molecule has 0 aliphatic carbocycles. The summed E-state index contributed by atoms with van der Waals surface area (Å²) in [6.07, 6.45) is 3.95. The molecule has 0 radical (unpaired) electrons. The van der Waals surface area contributed by atoms with Gasteiger partial charge in [-0.15, -0.1) is 13.2 Å². The van der Waals surface area contributed by atoms with Crippen molar-refractivity contribution in [2.75, 3.05) is 12.3 Å². The molecule has 0 heterocycles. The third-order valence-corrected chi connectivity index (χ3v) is 2.63. The van der Waals surface area contributed by atoms with Crippen molar-refractivity contribution in [1.29, 1.82) is 0 Å². The number of hydrogen-bond donors (Lipinski definition) is 1. The maximum Gasteiger partial charge on any atom is 0.152 e. The molecule has 52 valence electrons. The van der Waals surface area contributed by atoms with E-state index in [0.717, 1.165) is 0 Å². The molecule has 9 heavy (non-hydrogen) atoms. The lowest BCUT2D eigenvalue weighted by atomic mass is 10.8. The van der Waals surface area contributed by atoms with Crippen LogP contribution in [-0.2, 0) is 4.57 Å². The van der Waals surface area contributed by atoms with Crippen LogP contribution in [0.3, 0.4) is 0 Å². The van der Waals surface area contributed by atoms with E-state index in [1.165, 1.54) is 0 Å². The van der Waals surface area contributed by atoms with Gasteiger partial charge in [0.1, 0.15) is 0 Å². The summed E-state index contributed by atoms with van der Waals surface area (Å²) < 4.78 is 11.0. The summed E-state index contributed by atoms with van der Waals surface area (Å²) in [4.78, 5) is 0. The second kappa shape index (κ2) is 3.65. The zero-order valence-corrected chi connectivity index (χ0v) is 6.31. The zero-order chi connectivity index (χ0) is 7.33. The summed E-state index contributed by atoms with van der Waals surface area (Å²) in [6, 6.07) is 0. The molecule has 0 saturated heterocycles. The largest absolute Gasteiger partial charge is 0.306 e. The van der Waals surface area contributed by atoms with Crippen LogP contribution in [0.15, 0.2) is 25.3 Å². The van der Waals surface area contributed by atoms with Gasteiger partial charge in [-0.2, -0.15) is 0 Å². The third-order valence-electron chi connectivity index (χ3n) is 0.876. The molecule has 0 aromatic carbocycles. The molecule has 2 nitrogen and oxygen atoms in total. The van der Waals surface area contributed by atoms with Gasteiger partial charge in [0.05, 0.1) is 0 Å². The van der Waals surface area contributed by atoms with Crippen LogP contribution in [0.4, 0.5) is 0 Å². The molecule has 0 aromatic rings. The van der Waals surface area contributed by atoms with Gasteiger partial charge in [-0.05, 0) is 0 Å². The average Bonchev–Trinajstić information content (AvgIpc) is 1.64. The predicted molar refractivity (Wildman–Crippen MR) is 41.9 cm³/mol. The van der Waals surface area contributed by atoms with Crippen LogP contribution in [0.25, 0.3) is 0 Å². The Bertz CT molecular complexity index is 139. The summed E-state index contributed by atoms with van der Waals surface area (Å²) >= 11 is 0. The minimum Gasteiger partial charge on any atom is -0.306 e. The van der Waals surface area contributed by atoms with Crippen LogP contribution in [0.1, 0.15) is 0 Å². The van der Waals surface area contributed by atoms with Gasteiger partial charge in [0.2, 0.25) is 0 Å². The quantitative estimate of drug-likeness (QED) is 0.482. The lowest BCUT2D eigenvalue weighted by Crippen LogP contribution is -2.00. The van der Waals surface area contributed by atoms with E-state index in [4.69, 9.17) is 5.50 Å². The first-order chi connectivity index (χ1) is 4.12. The van der Waals surface area contributed by atoms with Gasteiger partial charge in [0.25, 0.3) is 0 Å². The Morgan fingerprint density at radius 2 is 1.67 bits per heavy atom. The Morgan fingerprint density at radius 1 is 1.33 bits per heavy atom. The minimum absolute atomic E-state index is 0.402. The molecule has 0 aliphatic heterocycles. The summed E-state index contributed by atoms with van der Waals surface area (Å²) in [7, 11) is -2.43. The van der Waals surface area contributed by atoms with Gasteiger partial charge in [-0.25, -0.2) is 0 Å². The fourth-order valence-corrected chi connectivity index (χ4v) is 1.53. The van der Waals surface area contributed by atoms with Gasteiger partial charge in [0.15, 0.2) is 7.29 Å². The third kappa shape index (κ3) is 4.19. The molecule has 0 unspecified atom stereocenters. The number of rotatable bonds is 4. The maximum absolute atomic E-state index is 11.0. The Balaban J connectivity index is 3.85. The lowest BCUT2D eigenvalue weighted by Gasteiger charge is -2.04. The van der Waals surface area contributed by atoms with Crippen LogP contribution in [0, 0.1) is 0 Å². The highest BCUT2D eigenvalue weighted by Gasteiger charge is 2.09. The molecule has 2 N–H and O–H groups in total. The highest BCUT2D eigenvalue weighted by atomic mass is 31.2. The first kappa shape index (κ1) is 8.67. The normalized spacial score (nSPS) is 10.8. The van der Waals surface area contributed by atoms with Gasteiger partial charge < -0.3 is 4.57 Å². The van der Waals surface area contributed by atoms with E-state index in [2.05, 4.69) is 13.2 Å². The van der Waals surface area contributed by atoms with Crippen molar-refractivity contribution in [3.8, 4) is 0 Å². The molecule has 0 aromatic heterocycles. The Hall–Kier alpha value is -0.330. The van der Waals surface area contributed by atoms with E-state index < -0.39 is 7.29 Å². The number of hydrogen-bond acceptors (Lipinski definition) is 1. The monoisotopic (exact) mass is 145 g/mol. The van der Waals surface area contributed by atoms with Gasteiger partial charge in [0, 0.05) is 12.3 Å². The molecule has 0 spiro atoms. The molecular formula is C6H12NOP. The predicted octanol–water partition coefficient (Wildman–Crippen LogP) is 1.60. The fourth-order valence-electron chi connectivity index (χ4n) is 0.512. The van der Waals surface area contributed by atoms with Crippen molar-refractivity contribution in [2.45, 2.75) is 0 Å². The second-order valence-corrected chi connectivity index (χ2v) is 4.53. The van der Waals surface area contributed by atoms with Gasteiger partial charge in [-0.1, -0.05) is 12.2 Å². The molecular weight excluding hydrogens is 133 g/mol. The smallest absolute Gasteiger partial charge is 0.152 e. The fraction of sp³-hybridized carbons (Fsp3) is 0.333. The standard InChI is InChI=1S/C6H12NOP/c1-3-5-9(7,8)6-4-2/h3-4H,1-2,5-6H2,(H2,7,8). The SMILES string of the molecule is C=CCP(N)(=O)CC=C. The Morgan fingerprint density at radius 3 is 1.89 bits per heavy atom. The Labute approximate surface area is 55.9 Å². The van der Waals surface area contributed by atoms with Crippen LogP contribution in [0.2, 0.25) is 0 Å². The van der Waals surface area contributed by atoms with E-state index in [9.17, 15) is 4.57 Å². The van der Waals surface area contributed by atoms with Crippen LogP contribution in [-0.4, -0.2) is 12.3 Å². The summed E-state index contributed by atoms with van der Waals surface area (Å²) in [5.41, 5.74) is 5.35. The molecule has 0 atom stereocenters. The zero-order valence-electron chi connectivity index (χ0n) is 5.42. The first-order valence-electron chi connectivity index (χ1n) is 2.71. The van der Waals surface area contributed by atoms with Crippen molar-refractivity contribution in [3.63, 3.8) is 0 Å². The van der Waals surface area contributed by atoms with Gasteiger partial charge >= 0.3 is 0 Å². The van der Waals surface area contributed by atoms with Crippen LogP contribution >= 0.6 is 7.29 Å². The number of allylic oxidation sites excluding steroid dienone is 2. The minimum atomic E-state index is -2.43. The van der Waals surface area contributed by atoms with Crippen molar-refractivity contribution in [2.24, 2.45) is 5.50 Å². The maximum atomic E-state index is 11.0. The molecule has 0 aliphatic rings. The van der Waals surface area contributed by atoms with Crippen molar-refractivity contribution >= 4 is 7.29 Å². The summed E-state index contributed by atoms with van der Waals surface area (Å²) in [5, 5.41) is 0. The Kier molecular flexibility index (Phi) is 3.52. The van der Waals surface area contributed by atoms with Crippen molar-refractivity contribution < 1.29 is 4.57 Å². The highest BCUT2D eigenvalue weighted by molar-refractivity contribution is 7.61. The van der Waals surface area contributed by atoms with E-state index in [1.807, 2.05) is 0 Å². The van der Waals surface area contributed by atoms with E-state index in [1.54, 1.807) is 12.2 Å². The molecule has 0 rings (SSSR count). The van der Waals surface area contributed by atoms with E-state index in [0.29, 0.717) is 12.3 Å². The molecule has 0 amide bonds. The summed E-state index contributed by atoms with van der Waals surface area (Å²) in [6.45, 7) is 6.88. The molecule has 0 fully saturated rings. The molecule has 3 heteroatoms. The average molecular weight is 145 g/mol. The first-order valence-corrected chi connectivity index (χ1v) is 4.85. The van der Waals surface area contributed by atoms with Crippen LogP contribution < -0.4 is 5.50 Å². The van der Waals surface area contributed by atoms with E-state index >= 15 is 0 Å². The lowest BCUT2D eigenvalue weighted by molar-refractivity contribution is 0.579. The second-order valence-electron chi connectivity index (χ2n) is 1.89. The van der Waals surface area contributed by atoms with Gasteiger partial charge in [-0.3, -0.25) is 5.50 Å². The number of nitrogens with two attached hydrogens (primary N) is 1. The summed E-state index contributed by atoms with van der Waals surface area (Å²) in [5.74, 6) is 0. The van der Waals surface area contributed by atoms with E-state index in [-0.39, 0.29) is 0 Å². The van der Waals surface area contributed by atoms with Crippen molar-refractivity contribution in [3.05, 3.63) is 25.3 Å². The molecule has 0 saturated carbocycles.